The maximum Gasteiger partial charge on any atom is 0.274 e. The van der Waals surface area contributed by atoms with Gasteiger partial charge in [-0.3, -0.25) is 4.79 Å². The molecule has 1 aliphatic heterocycles. The summed E-state index contributed by atoms with van der Waals surface area (Å²) in [6.07, 6.45) is 16.0. The fraction of sp³-hybridized carbons (Fsp3) is 0.731. The Labute approximate surface area is 187 Å². The molecule has 2 aromatic rings. The van der Waals surface area contributed by atoms with Crippen LogP contribution in [0.3, 0.4) is 0 Å². The minimum Gasteiger partial charge on any atom is -0.337 e. The number of fused-ring (bicyclic) bond motifs is 1. The molecule has 5 heteroatoms. The van der Waals surface area contributed by atoms with Crippen LogP contribution in [0, 0.1) is 5.92 Å². The van der Waals surface area contributed by atoms with E-state index >= 15 is 0 Å². The van der Waals surface area contributed by atoms with E-state index in [4.69, 9.17) is 10.1 Å². The number of hydrogen-bond donors (Lipinski definition) is 0. The topological polar surface area (TPSA) is 50.5 Å². The normalized spacial score (nSPS) is 19.0. The Morgan fingerprint density at radius 2 is 1.61 bits per heavy atom. The smallest absolute Gasteiger partial charge is 0.274 e. The highest BCUT2D eigenvalue weighted by molar-refractivity contribution is 5.93. The van der Waals surface area contributed by atoms with Crippen LogP contribution in [-0.2, 0) is 6.42 Å². The Kier molecular flexibility index (Phi) is 7.62. The third kappa shape index (κ3) is 5.30. The lowest BCUT2D eigenvalue weighted by Crippen LogP contribution is -2.32. The summed E-state index contributed by atoms with van der Waals surface area (Å²) in [6.45, 7) is 6.20. The van der Waals surface area contributed by atoms with Gasteiger partial charge in [0.15, 0.2) is 11.3 Å². The van der Waals surface area contributed by atoms with Crippen molar-refractivity contribution < 1.29 is 4.79 Å². The molecule has 3 heterocycles. The van der Waals surface area contributed by atoms with Gasteiger partial charge in [0.1, 0.15) is 0 Å². The molecule has 2 aliphatic rings. The number of carbonyl (C=O) groups excluding carboxylic acids is 1. The summed E-state index contributed by atoms with van der Waals surface area (Å²) < 4.78 is 1.97. The summed E-state index contributed by atoms with van der Waals surface area (Å²) in [4.78, 5) is 20.2. The van der Waals surface area contributed by atoms with Crippen molar-refractivity contribution in [2.75, 3.05) is 13.1 Å². The average Bonchev–Trinajstić information content (AvgIpc) is 2.95. The van der Waals surface area contributed by atoms with Crippen molar-refractivity contribution in [3.05, 3.63) is 29.2 Å². The number of aromatic nitrogens is 3. The molecule has 0 unspecified atom stereocenters. The van der Waals surface area contributed by atoms with Crippen LogP contribution in [0.2, 0.25) is 0 Å². The maximum atomic E-state index is 13.2. The molecule has 0 N–H and O–H groups in total. The van der Waals surface area contributed by atoms with Crippen LogP contribution >= 0.6 is 0 Å². The molecule has 2 fully saturated rings. The Hall–Kier alpha value is -1.91. The fourth-order valence-corrected chi connectivity index (χ4v) is 5.56. The summed E-state index contributed by atoms with van der Waals surface area (Å²) in [5.74, 6) is 1.26. The molecule has 2 aromatic heterocycles. The number of hydrogen-bond acceptors (Lipinski definition) is 3. The first kappa shape index (κ1) is 22.3. The second-order valence-electron chi connectivity index (χ2n) is 9.75. The van der Waals surface area contributed by atoms with E-state index in [1.807, 2.05) is 15.5 Å². The van der Waals surface area contributed by atoms with Crippen molar-refractivity contribution in [3.63, 3.8) is 0 Å². The molecule has 0 spiro atoms. The van der Waals surface area contributed by atoms with Crippen molar-refractivity contribution in [3.8, 4) is 0 Å². The summed E-state index contributed by atoms with van der Waals surface area (Å²) in [7, 11) is 0. The summed E-state index contributed by atoms with van der Waals surface area (Å²) in [5.41, 5.74) is 3.84. The van der Waals surface area contributed by atoms with E-state index in [1.54, 1.807) is 0 Å². The molecule has 0 radical (unpaired) electrons. The standard InChI is InChI=1S/C26H40N4O/c1-3-21(4-2)24-18-22(17-20-13-9-5-6-10-14-20)27-25-19-23(28-30(24)25)26(31)29-15-11-7-8-12-16-29/h18-21H,3-17H2,1-2H3. The minimum absolute atomic E-state index is 0.0771. The predicted molar refractivity (Wildman–Crippen MR) is 126 cm³/mol. The second kappa shape index (κ2) is 10.6. The van der Waals surface area contributed by atoms with Crippen LogP contribution in [0.1, 0.15) is 119 Å². The van der Waals surface area contributed by atoms with Crippen LogP contribution in [0.5, 0.6) is 0 Å². The van der Waals surface area contributed by atoms with Gasteiger partial charge in [0.2, 0.25) is 0 Å². The number of carbonyl (C=O) groups is 1. The van der Waals surface area contributed by atoms with E-state index in [2.05, 4.69) is 19.9 Å². The highest BCUT2D eigenvalue weighted by atomic mass is 16.2. The fourth-order valence-electron chi connectivity index (χ4n) is 5.56. The Bertz CT molecular complexity index is 854. The van der Waals surface area contributed by atoms with Crippen LogP contribution in [0.15, 0.2) is 12.1 Å². The Morgan fingerprint density at radius 1 is 0.968 bits per heavy atom. The maximum absolute atomic E-state index is 13.2. The van der Waals surface area contributed by atoms with E-state index < -0.39 is 0 Å². The van der Waals surface area contributed by atoms with Gasteiger partial charge >= 0.3 is 0 Å². The van der Waals surface area contributed by atoms with Crippen molar-refractivity contribution >= 4 is 11.6 Å². The highest BCUT2D eigenvalue weighted by Gasteiger charge is 2.23. The molecule has 0 atom stereocenters. The third-order valence-electron chi connectivity index (χ3n) is 7.50. The molecule has 170 valence electrons. The molecule has 0 bridgehead atoms. The van der Waals surface area contributed by atoms with E-state index in [9.17, 15) is 4.79 Å². The first-order chi connectivity index (χ1) is 15.2. The lowest BCUT2D eigenvalue weighted by Gasteiger charge is -2.19. The van der Waals surface area contributed by atoms with Crippen LogP contribution in [-0.4, -0.2) is 38.5 Å². The van der Waals surface area contributed by atoms with Gasteiger partial charge < -0.3 is 4.90 Å². The van der Waals surface area contributed by atoms with Gasteiger partial charge in [0.25, 0.3) is 5.91 Å². The van der Waals surface area contributed by atoms with Crippen molar-refractivity contribution in [1.29, 1.82) is 0 Å². The molecule has 5 nitrogen and oxygen atoms in total. The SMILES string of the molecule is CCC(CC)c1cc(CC2CCCCCC2)nc2cc(C(=O)N3CCCCCC3)nn12. The zero-order chi connectivity index (χ0) is 21.6. The van der Waals surface area contributed by atoms with Crippen molar-refractivity contribution in [2.24, 2.45) is 5.92 Å². The monoisotopic (exact) mass is 424 g/mol. The number of amides is 1. The van der Waals surface area contributed by atoms with Gasteiger partial charge in [-0.05, 0) is 44.1 Å². The van der Waals surface area contributed by atoms with Crippen molar-refractivity contribution in [1.82, 2.24) is 19.5 Å². The lowest BCUT2D eigenvalue weighted by atomic mass is 9.93. The molecule has 1 saturated carbocycles. The van der Waals surface area contributed by atoms with E-state index in [1.165, 1.54) is 62.8 Å². The Balaban J connectivity index is 1.66. The van der Waals surface area contributed by atoms with Crippen LogP contribution in [0.4, 0.5) is 0 Å². The van der Waals surface area contributed by atoms with Crippen LogP contribution in [0.25, 0.3) is 5.65 Å². The quantitative estimate of drug-likeness (QED) is 0.522. The second-order valence-corrected chi connectivity index (χ2v) is 9.75. The third-order valence-corrected chi connectivity index (χ3v) is 7.50. The summed E-state index contributed by atoms with van der Waals surface area (Å²) in [5, 5.41) is 4.80. The van der Waals surface area contributed by atoms with Gasteiger partial charge in [-0.25, -0.2) is 9.50 Å². The number of likely N-dealkylation sites (tertiary alicyclic amines) is 1. The van der Waals surface area contributed by atoms with Gasteiger partial charge in [-0.15, -0.1) is 0 Å². The van der Waals surface area contributed by atoms with Gasteiger partial charge in [0.05, 0.1) is 0 Å². The largest absolute Gasteiger partial charge is 0.337 e. The van der Waals surface area contributed by atoms with Crippen LogP contribution < -0.4 is 0 Å². The Morgan fingerprint density at radius 3 is 2.26 bits per heavy atom. The molecule has 0 aromatic carbocycles. The number of rotatable bonds is 6. The summed E-state index contributed by atoms with van der Waals surface area (Å²) >= 11 is 0. The predicted octanol–water partition coefficient (Wildman–Crippen LogP) is 6.16. The zero-order valence-corrected chi connectivity index (χ0v) is 19.6. The van der Waals surface area contributed by atoms with Crippen molar-refractivity contribution in [2.45, 2.75) is 103 Å². The molecular formula is C26H40N4O. The van der Waals surface area contributed by atoms with E-state index in [0.717, 1.165) is 56.8 Å². The lowest BCUT2D eigenvalue weighted by molar-refractivity contribution is 0.0755. The molecule has 31 heavy (non-hydrogen) atoms. The summed E-state index contributed by atoms with van der Waals surface area (Å²) in [6, 6.07) is 4.23. The average molecular weight is 425 g/mol. The van der Waals surface area contributed by atoms with Gasteiger partial charge in [-0.1, -0.05) is 65.2 Å². The zero-order valence-electron chi connectivity index (χ0n) is 19.6. The molecule has 4 rings (SSSR count). The van der Waals surface area contributed by atoms with E-state index in [0.29, 0.717) is 11.6 Å². The first-order valence-electron chi connectivity index (χ1n) is 12.9. The van der Waals surface area contributed by atoms with E-state index in [-0.39, 0.29) is 5.91 Å². The molecular weight excluding hydrogens is 384 g/mol. The molecule has 1 amide bonds. The minimum atomic E-state index is 0.0771. The molecule has 1 aliphatic carbocycles. The molecule has 1 saturated heterocycles. The van der Waals surface area contributed by atoms with Gasteiger partial charge in [0, 0.05) is 36.5 Å². The number of nitrogens with zero attached hydrogens (tertiary/aromatic N) is 4. The highest BCUT2D eigenvalue weighted by Crippen LogP contribution is 2.29. The van der Waals surface area contributed by atoms with Gasteiger partial charge in [-0.2, -0.15) is 5.10 Å². The first-order valence-corrected chi connectivity index (χ1v) is 12.9.